The van der Waals surface area contributed by atoms with Gasteiger partial charge in [0.2, 0.25) is 5.91 Å². The molecule has 0 bridgehead atoms. The van der Waals surface area contributed by atoms with E-state index in [0.717, 1.165) is 38.5 Å². The van der Waals surface area contributed by atoms with E-state index in [4.69, 9.17) is 14.8 Å². The highest BCUT2D eigenvalue weighted by atomic mass is 31.2. The number of phosphoric ester groups is 1. The predicted molar refractivity (Wildman–Crippen MR) is 175 cm³/mol. The summed E-state index contributed by atoms with van der Waals surface area (Å²) in [5.41, 5.74) is 5.33. The Morgan fingerprint density at radius 3 is 1.69 bits per heavy atom. The van der Waals surface area contributed by atoms with Crippen LogP contribution < -0.4 is 11.1 Å². The molecule has 0 rings (SSSR count). The van der Waals surface area contributed by atoms with Gasteiger partial charge in [0.15, 0.2) is 0 Å². The molecule has 1 amide bonds. The molecule has 8 nitrogen and oxygen atoms in total. The lowest BCUT2D eigenvalue weighted by molar-refractivity contribution is -0.123. The van der Waals surface area contributed by atoms with Crippen LogP contribution in [0.25, 0.3) is 0 Å². The molecule has 0 aliphatic carbocycles. The van der Waals surface area contributed by atoms with Gasteiger partial charge in [-0.25, -0.2) is 4.57 Å². The van der Waals surface area contributed by atoms with Gasteiger partial charge in [0.1, 0.15) is 0 Å². The summed E-state index contributed by atoms with van der Waals surface area (Å²) >= 11 is 0. The Morgan fingerprint density at radius 1 is 0.762 bits per heavy atom. The summed E-state index contributed by atoms with van der Waals surface area (Å²) in [6, 6.07) is -0.851. The molecule has 0 heterocycles. The molecule has 0 aromatic heterocycles. The smallest absolute Gasteiger partial charge is 0.387 e. The maximum absolute atomic E-state index is 12.6. The van der Waals surface area contributed by atoms with Crippen LogP contribution >= 0.6 is 7.82 Å². The van der Waals surface area contributed by atoms with Gasteiger partial charge in [0.05, 0.1) is 25.4 Å². The Bertz CT molecular complexity index is 679. The molecule has 0 aromatic rings. The lowest BCUT2D eigenvalue weighted by Gasteiger charge is -2.23. The number of nitrogens with one attached hydrogen (secondary N) is 1. The van der Waals surface area contributed by atoms with Crippen LogP contribution in [0, 0.1) is 0 Å². The van der Waals surface area contributed by atoms with Crippen LogP contribution in [0.15, 0.2) is 12.2 Å². The first-order chi connectivity index (χ1) is 20.4. The second kappa shape index (κ2) is 30.3. The molecule has 3 atom stereocenters. The molecule has 0 aliphatic rings. The lowest BCUT2D eigenvalue weighted by atomic mass is 10.0. The number of aliphatic hydroxyl groups is 1. The normalized spacial score (nSPS) is 14.7. The van der Waals surface area contributed by atoms with E-state index in [1.165, 1.54) is 103 Å². The summed E-state index contributed by atoms with van der Waals surface area (Å²) in [5, 5.41) is 13.5. The van der Waals surface area contributed by atoms with Crippen LogP contribution in [-0.4, -0.2) is 47.8 Å². The molecule has 5 N–H and O–H groups in total. The zero-order chi connectivity index (χ0) is 31.2. The minimum absolute atomic E-state index is 0.0807. The number of unbranched alkanes of at least 4 members (excludes halogenated alkanes) is 20. The van der Waals surface area contributed by atoms with Gasteiger partial charge in [-0.05, 0) is 19.3 Å². The predicted octanol–water partition coefficient (Wildman–Crippen LogP) is 8.49. The Labute approximate surface area is 258 Å². The summed E-state index contributed by atoms with van der Waals surface area (Å²) in [4.78, 5) is 22.5. The van der Waals surface area contributed by atoms with Crippen LogP contribution in [0.2, 0.25) is 0 Å². The first kappa shape index (κ1) is 41.2. The summed E-state index contributed by atoms with van der Waals surface area (Å²) in [6.45, 7) is 4.09. The topological polar surface area (TPSA) is 131 Å². The van der Waals surface area contributed by atoms with Crippen LogP contribution in [0.4, 0.5) is 0 Å². The second-order valence-corrected chi connectivity index (χ2v) is 13.2. The van der Waals surface area contributed by atoms with E-state index in [1.54, 1.807) is 6.08 Å². The molecule has 0 fully saturated rings. The van der Waals surface area contributed by atoms with Crippen LogP contribution in [-0.2, 0) is 18.4 Å². The number of allylic oxidation sites excluding steroid dienone is 1. The third-order valence-corrected chi connectivity index (χ3v) is 8.60. The Balaban J connectivity index is 4.35. The van der Waals surface area contributed by atoms with Crippen LogP contribution in [0.3, 0.4) is 0 Å². The molecule has 0 aliphatic heterocycles. The Kier molecular flexibility index (Phi) is 29.7. The summed E-state index contributed by atoms with van der Waals surface area (Å²) in [6.07, 6.45) is 29.7. The number of carbonyl (C=O) groups excluding carboxylic acids is 1. The summed E-state index contributed by atoms with van der Waals surface area (Å²) in [7, 11) is -4.32. The molecule has 0 saturated carbocycles. The van der Waals surface area contributed by atoms with E-state index in [2.05, 4.69) is 19.2 Å². The number of nitrogens with two attached hydrogens (primary N) is 1. The molecule has 0 spiro atoms. The van der Waals surface area contributed by atoms with Gasteiger partial charge < -0.3 is 21.1 Å². The number of rotatable bonds is 32. The molecule has 9 heteroatoms. The van der Waals surface area contributed by atoms with Crippen molar-refractivity contribution >= 4 is 13.7 Å². The van der Waals surface area contributed by atoms with E-state index in [-0.39, 0.29) is 25.7 Å². The average molecular weight is 619 g/mol. The molecule has 250 valence electrons. The molecule has 3 unspecified atom stereocenters. The average Bonchev–Trinajstić information content (AvgIpc) is 2.97. The van der Waals surface area contributed by atoms with Crippen LogP contribution in [0.1, 0.15) is 162 Å². The van der Waals surface area contributed by atoms with Crippen molar-refractivity contribution in [3.8, 4) is 0 Å². The number of amides is 1. The van der Waals surface area contributed by atoms with Crippen molar-refractivity contribution < 1.29 is 28.4 Å². The fourth-order valence-electron chi connectivity index (χ4n) is 4.95. The first-order valence-electron chi connectivity index (χ1n) is 17.3. The van der Waals surface area contributed by atoms with Crippen LogP contribution in [0.5, 0.6) is 0 Å². The van der Waals surface area contributed by atoms with E-state index >= 15 is 0 Å². The number of aliphatic hydroxyl groups excluding tert-OH is 1. The summed E-state index contributed by atoms with van der Waals surface area (Å²) < 4.78 is 21.9. The number of hydrogen-bond acceptors (Lipinski definition) is 6. The van der Waals surface area contributed by atoms with Gasteiger partial charge in [-0.1, -0.05) is 148 Å². The van der Waals surface area contributed by atoms with E-state index in [1.807, 2.05) is 6.08 Å². The monoisotopic (exact) mass is 618 g/mol. The zero-order valence-electron chi connectivity index (χ0n) is 27.2. The molecular weight excluding hydrogens is 551 g/mol. The molecule has 0 aromatic carbocycles. The minimum atomic E-state index is -4.32. The van der Waals surface area contributed by atoms with Crippen molar-refractivity contribution in [2.75, 3.05) is 19.8 Å². The quantitative estimate of drug-likeness (QED) is 0.0338. The van der Waals surface area contributed by atoms with Gasteiger partial charge in [-0.15, -0.1) is 0 Å². The van der Waals surface area contributed by atoms with E-state index < -0.39 is 20.0 Å². The zero-order valence-corrected chi connectivity index (χ0v) is 28.1. The molecular formula is C33H67N2O6P. The SMILES string of the molecule is CCCCCCCCCC/C=C/C(O)C(COP(=O)(O)OCCN)NC(=O)CCCCCCCCCCCCCCC. The lowest BCUT2D eigenvalue weighted by Crippen LogP contribution is -2.45. The van der Waals surface area contributed by atoms with Crippen molar-refractivity contribution in [3.05, 3.63) is 12.2 Å². The van der Waals surface area contributed by atoms with Crippen molar-refractivity contribution in [2.45, 2.75) is 174 Å². The van der Waals surface area contributed by atoms with Gasteiger partial charge >= 0.3 is 7.82 Å². The fraction of sp³-hybridized carbons (Fsp3) is 0.909. The fourth-order valence-corrected chi connectivity index (χ4v) is 5.71. The van der Waals surface area contributed by atoms with Gasteiger partial charge in [0.25, 0.3) is 0 Å². The Hall–Kier alpha value is -0.760. The summed E-state index contributed by atoms with van der Waals surface area (Å²) in [5.74, 6) is -0.196. The van der Waals surface area contributed by atoms with Gasteiger partial charge in [-0.3, -0.25) is 13.8 Å². The largest absolute Gasteiger partial charge is 0.472 e. The minimum Gasteiger partial charge on any atom is -0.387 e. The van der Waals surface area contributed by atoms with Crippen molar-refractivity contribution in [1.82, 2.24) is 5.32 Å². The maximum Gasteiger partial charge on any atom is 0.472 e. The van der Waals surface area contributed by atoms with Gasteiger partial charge in [0, 0.05) is 13.0 Å². The number of phosphoric acid groups is 1. The van der Waals surface area contributed by atoms with Gasteiger partial charge in [-0.2, -0.15) is 0 Å². The Morgan fingerprint density at radius 2 is 1.21 bits per heavy atom. The van der Waals surface area contributed by atoms with Crippen molar-refractivity contribution in [2.24, 2.45) is 5.73 Å². The third-order valence-electron chi connectivity index (χ3n) is 7.61. The molecule has 0 saturated heterocycles. The number of hydrogen-bond donors (Lipinski definition) is 4. The van der Waals surface area contributed by atoms with Crippen molar-refractivity contribution in [1.29, 1.82) is 0 Å². The first-order valence-corrected chi connectivity index (χ1v) is 18.8. The molecule has 42 heavy (non-hydrogen) atoms. The third kappa shape index (κ3) is 28.0. The number of carbonyl (C=O) groups is 1. The van der Waals surface area contributed by atoms with Crippen molar-refractivity contribution in [3.63, 3.8) is 0 Å². The highest BCUT2D eigenvalue weighted by molar-refractivity contribution is 7.47. The second-order valence-electron chi connectivity index (χ2n) is 11.7. The maximum atomic E-state index is 12.6. The van der Waals surface area contributed by atoms with E-state index in [9.17, 15) is 19.4 Å². The molecule has 0 radical (unpaired) electrons. The highest BCUT2D eigenvalue weighted by Crippen LogP contribution is 2.43. The highest BCUT2D eigenvalue weighted by Gasteiger charge is 2.26. The van der Waals surface area contributed by atoms with E-state index in [0.29, 0.717) is 6.42 Å². The standard InChI is InChI=1S/C33H67N2O6P/c1-3-5-7-9-11-13-15-16-17-19-21-23-25-27-33(37)35-31(30-41-42(38,39)40-29-28-34)32(36)26-24-22-20-18-14-12-10-8-6-4-2/h24,26,31-32,36H,3-23,25,27-30,34H2,1-2H3,(H,35,37)(H,38,39)/b26-24+.